The van der Waals surface area contributed by atoms with Gasteiger partial charge in [0, 0.05) is 44.1 Å². The van der Waals surface area contributed by atoms with Gasteiger partial charge in [0.05, 0.1) is 5.56 Å². The Morgan fingerprint density at radius 1 is 0.825 bits per heavy atom. The standard InChI is InChI=1S/C32H36N6O2/c39-31(40-38-30-4-2-1-3-29(30)34-35-38)26-7-11-28(12-8-26)37-21-19-36(20-22-37)27-9-5-24(6-10-27)25-13-15-32(16-14-25)17-18-33-23-32/h1-12,25,33H,13-23H2. The Hall–Kier alpha value is -3.91. The molecule has 8 nitrogen and oxygen atoms in total. The van der Waals surface area contributed by atoms with Crippen LogP contribution in [0.5, 0.6) is 0 Å². The summed E-state index contributed by atoms with van der Waals surface area (Å²) in [4.78, 5) is 24.2. The molecule has 4 aromatic rings. The molecule has 0 atom stereocenters. The van der Waals surface area contributed by atoms with Gasteiger partial charge >= 0.3 is 5.97 Å². The lowest BCUT2D eigenvalue weighted by molar-refractivity contribution is 0.0409. The van der Waals surface area contributed by atoms with Gasteiger partial charge in [-0.15, -0.1) is 5.10 Å². The molecule has 2 aliphatic heterocycles. The summed E-state index contributed by atoms with van der Waals surface area (Å²) in [5.41, 5.74) is 6.35. The van der Waals surface area contributed by atoms with Crippen molar-refractivity contribution in [1.29, 1.82) is 0 Å². The Balaban J connectivity index is 0.922. The highest BCUT2D eigenvalue weighted by molar-refractivity contribution is 5.90. The normalized spacial score (nSPS) is 23.1. The lowest BCUT2D eigenvalue weighted by Gasteiger charge is -2.38. The van der Waals surface area contributed by atoms with Crippen molar-refractivity contribution < 1.29 is 9.63 Å². The van der Waals surface area contributed by atoms with Crippen molar-refractivity contribution in [2.45, 2.75) is 38.0 Å². The molecule has 1 aliphatic carbocycles. The van der Waals surface area contributed by atoms with Crippen molar-refractivity contribution in [3.63, 3.8) is 0 Å². The summed E-state index contributed by atoms with van der Waals surface area (Å²) in [6.07, 6.45) is 6.76. The molecule has 3 aromatic carbocycles. The Labute approximate surface area is 234 Å². The molecular weight excluding hydrogens is 500 g/mol. The van der Waals surface area contributed by atoms with Gasteiger partial charge < -0.3 is 20.0 Å². The van der Waals surface area contributed by atoms with E-state index in [1.165, 1.54) is 61.3 Å². The van der Waals surface area contributed by atoms with Crippen molar-refractivity contribution in [1.82, 2.24) is 20.5 Å². The van der Waals surface area contributed by atoms with Crippen LogP contribution in [0.3, 0.4) is 0 Å². The first-order valence-corrected chi connectivity index (χ1v) is 14.6. The van der Waals surface area contributed by atoms with Gasteiger partial charge in [0.2, 0.25) is 0 Å². The number of hydrogen-bond donors (Lipinski definition) is 1. The van der Waals surface area contributed by atoms with Crippen LogP contribution in [-0.2, 0) is 0 Å². The number of hydrogen-bond acceptors (Lipinski definition) is 7. The van der Waals surface area contributed by atoms with Crippen LogP contribution in [0.25, 0.3) is 11.0 Å². The van der Waals surface area contributed by atoms with E-state index >= 15 is 0 Å². The Morgan fingerprint density at radius 2 is 1.48 bits per heavy atom. The third-order valence-corrected chi connectivity index (χ3v) is 9.35. The second-order valence-corrected chi connectivity index (χ2v) is 11.6. The number of benzene rings is 3. The number of aromatic nitrogens is 3. The first kappa shape index (κ1) is 25.1. The van der Waals surface area contributed by atoms with Crippen LogP contribution in [-0.4, -0.2) is 60.4 Å². The lowest BCUT2D eigenvalue weighted by atomic mass is 9.68. The fraction of sp³-hybridized carbons (Fsp3) is 0.406. The molecular formula is C32H36N6O2. The van der Waals surface area contributed by atoms with Crippen molar-refractivity contribution in [2.24, 2.45) is 5.41 Å². The summed E-state index contributed by atoms with van der Waals surface area (Å²) < 4.78 is 0. The maximum absolute atomic E-state index is 12.7. The largest absolute Gasteiger partial charge is 0.368 e. The second kappa shape index (κ2) is 10.6. The van der Waals surface area contributed by atoms with Crippen LogP contribution >= 0.6 is 0 Å². The van der Waals surface area contributed by atoms with Gasteiger partial charge in [-0.3, -0.25) is 0 Å². The molecule has 2 saturated heterocycles. The highest BCUT2D eigenvalue weighted by Gasteiger charge is 2.37. The van der Waals surface area contributed by atoms with Gasteiger partial charge in [0.25, 0.3) is 0 Å². The van der Waals surface area contributed by atoms with E-state index in [-0.39, 0.29) is 0 Å². The van der Waals surface area contributed by atoms with Crippen molar-refractivity contribution >= 4 is 28.4 Å². The molecule has 1 N–H and O–H groups in total. The van der Waals surface area contributed by atoms with E-state index in [1.54, 1.807) is 0 Å². The van der Waals surface area contributed by atoms with Gasteiger partial charge in [-0.25, -0.2) is 4.79 Å². The number of nitrogens with one attached hydrogen (secondary N) is 1. The van der Waals surface area contributed by atoms with E-state index in [0.717, 1.165) is 31.9 Å². The zero-order valence-electron chi connectivity index (χ0n) is 22.8. The van der Waals surface area contributed by atoms with Crippen LogP contribution in [0.1, 0.15) is 53.9 Å². The van der Waals surface area contributed by atoms with Gasteiger partial charge in [0.1, 0.15) is 11.0 Å². The van der Waals surface area contributed by atoms with E-state index in [0.29, 0.717) is 27.9 Å². The Morgan fingerprint density at radius 3 is 2.12 bits per heavy atom. The highest BCUT2D eigenvalue weighted by Crippen LogP contribution is 2.46. The van der Waals surface area contributed by atoms with Gasteiger partial charge in [-0.2, -0.15) is 0 Å². The monoisotopic (exact) mass is 536 g/mol. The van der Waals surface area contributed by atoms with Gasteiger partial charge in [-0.1, -0.05) is 29.1 Å². The van der Waals surface area contributed by atoms with E-state index in [2.05, 4.69) is 49.7 Å². The first-order chi connectivity index (χ1) is 19.7. The van der Waals surface area contributed by atoms with E-state index in [4.69, 9.17) is 4.84 Å². The fourth-order valence-corrected chi connectivity index (χ4v) is 6.82. The minimum atomic E-state index is -0.459. The molecule has 8 heteroatoms. The summed E-state index contributed by atoms with van der Waals surface area (Å²) >= 11 is 0. The quantitative estimate of drug-likeness (QED) is 0.372. The van der Waals surface area contributed by atoms with Gasteiger partial charge in [0.15, 0.2) is 0 Å². The van der Waals surface area contributed by atoms with Crippen molar-refractivity contribution in [3.05, 3.63) is 83.9 Å². The number of carbonyl (C=O) groups excluding carboxylic acids is 1. The molecule has 3 fully saturated rings. The topological polar surface area (TPSA) is 75.5 Å². The van der Waals surface area contributed by atoms with Crippen LogP contribution in [0.2, 0.25) is 0 Å². The van der Waals surface area contributed by atoms with Crippen LogP contribution in [0.4, 0.5) is 11.4 Å². The molecule has 206 valence electrons. The summed E-state index contributed by atoms with van der Waals surface area (Å²) in [5, 5.41) is 11.5. The number of para-hydroxylation sites is 1. The average Bonchev–Trinajstić information content (AvgIpc) is 3.65. The molecule has 0 unspecified atom stereocenters. The summed E-state index contributed by atoms with van der Waals surface area (Å²) in [6, 6.07) is 24.4. The number of piperazine rings is 1. The number of nitrogens with zero attached hydrogens (tertiary/aromatic N) is 5. The summed E-state index contributed by atoms with van der Waals surface area (Å²) in [7, 11) is 0. The zero-order chi connectivity index (χ0) is 26.9. The van der Waals surface area contributed by atoms with E-state index in [9.17, 15) is 4.79 Å². The molecule has 3 heterocycles. The highest BCUT2D eigenvalue weighted by atomic mass is 16.7. The zero-order valence-corrected chi connectivity index (χ0v) is 22.8. The molecule has 1 spiro atoms. The number of carbonyl (C=O) groups is 1. The molecule has 1 aromatic heterocycles. The second-order valence-electron chi connectivity index (χ2n) is 11.6. The minimum absolute atomic E-state index is 0.459. The molecule has 7 rings (SSSR count). The van der Waals surface area contributed by atoms with Crippen LogP contribution in [0, 0.1) is 5.41 Å². The predicted molar refractivity (Wildman–Crippen MR) is 157 cm³/mol. The minimum Gasteiger partial charge on any atom is -0.368 e. The number of fused-ring (bicyclic) bond motifs is 1. The smallest absolute Gasteiger partial charge is 0.365 e. The summed E-state index contributed by atoms with van der Waals surface area (Å²) in [6.45, 7) is 6.26. The fourth-order valence-electron chi connectivity index (χ4n) is 6.82. The molecule has 0 bridgehead atoms. The third kappa shape index (κ3) is 4.92. The molecule has 0 amide bonds. The third-order valence-electron chi connectivity index (χ3n) is 9.35. The molecule has 0 radical (unpaired) electrons. The summed E-state index contributed by atoms with van der Waals surface area (Å²) in [5.74, 6) is 0.256. The van der Waals surface area contributed by atoms with Gasteiger partial charge in [-0.05, 0) is 109 Å². The Bertz CT molecular complexity index is 1460. The lowest BCUT2D eigenvalue weighted by Crippen LogP contribution is -2.46. The van der Waals surface area contributed by atoms with Crippen LogP contribution < -0.4 is 20.0 Å². The SMILES string of the molecule is O=C(On1nnc2ccccc21)c1ccc(N2CCN(c3ccc(C4CCC5(CCNC5)CC4)cc3)CC2)cc1. The molecule has 1 saturated carbocycles. The number of anilines is 2. The Kier molecular flexibility index (Phi) is 6.63. The number of rotatable bonds is 5. The van der Waals surface area contributed by atoms with Crippen molar-refractivity contribution in [2.75, 3.05) is 49.1 Å². The maximum Gasteiger partial charge on any atom is 0.365 e. The molecule has 3 aliphatic rings. The van der Waals surface area contributed by atoms with E-state index < -0.39 is 5.97 Å². The molecule has 40 heavy (non-hydrogen) atoms. The maximum atomic E-state index is 12.7. The van der Waals surface area contributed by atoms with E-state index in [1.807, 2.05) is 48.5 Å². The van der Waals surface area contributed by atoms with Crippen molar-refractivity contribution in [3.8, 4) is 0 Å². The average molecular weight is 537 g/mol. The first-order valence-electron chi connectivity index (χ1n) is 14.6. The van der Waals surface area contributed by atoms with Crippen LogP contribution in [0.15, 0.2) is 72.8 Å². The predicted octanol–water partition coefficient (Wildman–Crippen LogP) is 4.66.